The zero-order valence-electron chi connectivity index (χ0n) is 33.5. The van der Waals surface area contributed by atoms with E-state index in [9.17, 15) is 10.5 Å². The van der Waals surface area contributed by atoms with Crippen LogP contribution in [0.1, 0.15) is 11.1 Å². The van der Waals surface area contributed by atoms with Crippen LogP contribution in [0.25, 0.3) is 82.0 Å². The molecule has 0 unspecified atom stereocenters. The van der Waals surface area contributed by atoms with E-state index < -0.39 is 0 Å². The molecule has 7 nitrogen and oxygen atoms in total. The van der Waals surface area contributed by atoms with E-state index in [0.717, 1.165) is 116 Å². The fourth-order valence-electron chi connectivity index (χ4n) is 9.87. The molecule has 0 amide bonds. The molecule has 9 aromatic carbocycles. The van der Waals surface area contributed by atoms with Crippen LogP contribution in [0.2, 0.25) is 0 Å². The summed E-state index contributed by atoms with van der Waals surface area (Å²) in [4.78, 5) is 4.58. The molecule has 0 saturated heterocycles. The maximum atomic E-state index is 9.80. The Hall–Kier alpha value is -9.04. The van der Waals surface area contributed by atoms with Gasteiger partial charge >= 0.3 is 0 Å². The van der Waals surface area contributed by atoms with Crippen molar-refractivity contribution in [1.82, 2.24) is 4.40 Å². The van der Waals surface area contributed by atoms with Gasteiger partial charge in [-0.05, 0) is 97.1 Å². The van der Waals surface area contributed by atoms with E-state index in [1.54, 1.807) is 0 Å². The smallest absolute Gasteiger partial charge is 0.160 e. The Morgan fingerprint density at radius 3 is 1.17 bits per heavy atom. The summed E-state index contributed by atoms with van der Waals surface area (Å²) in [6, 6.07) is 68.6. The number of fused-ring (bicyclic) bond motifs is 14. The summed E-state index contributed by atoms with van der Waals surface area (Å²) in [5.41, 5.74) is 13.0. The highest BCUT2D eigenvalue weighted by molar-refractivity contribution is 6.36. The lowest BCUT2D eigenvalue weighted by Gasteiger charge is -2.27. The zero-order chi connectivity index (χ0) is 41.8. The van der Waals surface area contributed by atoms with Gasteiger partial charge in [-0.15, -0.1) is 0 Å². The van der Waals surface area contributed by atoms with Crippen molar-refractivity contribution < 1.29 is 8.83 Å². The quantitative estimate of drug-likeness (QED) is 0.166. The van der Waals surface area contributed by atoms with Crippen LogP contribution >= 0.6 is 0 Å². The van der Waals surface area contributed by atoms with Crippen LogP contribution in [0.4, 0.5) is 34.1 Å². The predicted molar refractivity (Wildman–Crippen MR) is 254 cm³/mol. The molecular weight excluding hydrogens is 775 g/mol. The summed E-state index contributed by atoms with van der Waals surface area (Å²) < 4.78 is 16.4. The highest BCUT2D eigenvalue weighted by atomic mass is 16.3. The standard InChI is InChI=1S/C56H31N5O2/c57-32-34-22-26-38(27-23-34)59(36-12-3-1-4-13-36)46-30-44-40-16-7-9-20-48(40)62-55(44)53-50(46)42-18-11-19-43-51-47(60(37-14-5-2-6-15-37)39-28-24-35(33-58)25-29-39)31-45-41-17-8-10-21-49(41)63-56(45)54(51)61(53)52(42)43/h1-31H. The summed E-state index contributed by atoms with van der Waals surface area (Å²) in [7, 11) is 0. The Labute approximate surface area is 359 Å². The Morgan fingerprint density at radius 2 is 0.746 bits per heavy atom. The number of hydrogen-bond donors (Lipinski definition) is 0. The lowest BCUT2D eigenvalue weighted by atomic mass is 10.0. The number of rotatable bonds is 6. The Morgan fingerprint density at radius 1 is 0.365 bits per heavy atom. The number of aromatic nitrogens is 1. The molecule has 0 spiro atoms. The highest BCUT2D eigenvalue weighted by Gasteiger charge is 2.31. The molecule has 63 heavy (non-hydrogen) atoms. The largest absolute Gasteiger partial charge is 0.454 e. The summed E-state index contributed by atoms with van der Waals surface area (Å²) >= 11 is 0. The van der Waals surface area contributed by atoms with E-state index in [1.807, 2.05) is 84.9 Å². The van der Waals surface area contributed by atoms with E-state index in [2.05, 4.69) is 129 Å². The molecule has 0 N–H and O–H groups in total. The lowest BCUT2D eigenvalue weighted by Crippen LogP contribution is -2.11. The highest BCUT2D eigenvalue weighted by Crippen LogP contribution is 2.54. The van der Waals surface area contributed by atoms with Crippen molar-refractivity contribution in [2.45, 2.75) is 0 Å². The summed E-state index contributed by atoms with van der Waals surface area (Å²) in [6.45, 7) is 0. The van der Waals surface area contributed by atoms with Crippen LogP contribution in [-0.2, 0) is 0 Å². The van der Waals surface area contributed by atoms with Crippen LogP contribution in [-0.4, -0.2) is 4.40 Å². The molecule has 0 saturated carbocycles. The molecule has 0 atom stereocenters. The number of hydrogen-bond acceptors (Lipinski definition) is 6. The normalized spacial score (nSPS) is 11.8. The van der Waals surface area contributed by atoms with Gasteiger partial charge in [0.1, 0.15) is 22.2 Å². The SMILES string of the molecule is N#Cc1ccc(N(c2ccccc2)c2cc3c4ccccc4oc3c3c2c2cccc4c5c(N(c6ccccc6)c6ccc(C#N)cc6)cc6c7ccccc7oc6c5n3c24)cc1. The number of furan rings is 2. The Balaban J connectivity index is 1.26. The van der Waals surface area contributed by atoms with Crippen molar-refractivity contribution in [3.8, 4) is 12.1 Å². The number of anilines is 6. The van der Waals surface area contributed by atoms with Gasteiger partial charge in [0, 0.05) is 65.8 Å². The topological polar surface area (TPSA) is 84.8 Å². The average molecular weight is 806 g/mol. The van der Waals surface area contributed by atoms with Crippen LogP contribution in [0.15, 0.2) is 197 Å². The molecule has 0 aliphatic heterocycles. The van der Waals surface area contributed by atoms with Crippen LogP contribution in [0, 0.1) is 22.7 Å². The number of nitrogens with zero attached hydrogens (tertiary/aromatic N) is 5. The van der Waals surface area contributed by atoms with Gasteiger partial charge in [-0.1, -0.05) is 91.0 Å². The van der Waals surface area contributed by atoms with Gasteiger partial charge in [0.05, 0.1) is 40.2 Å². The molecule has 292 valence electrons. The molecule has 0 aliphatic rings. The van der Waals surface area contributed by atoms with E-state index in [4.69, 9.17) is 8.83 Å². The van der Waals surface area contributed by atoms with E-state index in [0.29, 0.717) is 11.1 Å². The number of para-hydroxylation sites is 5. The second-order valence-corrected chi connectivity index (χ2v) is 15.9. The first-order valence-corrected chi connectivity index (χ1v) is 20.8. The number of benzene rings is 9. The molecule has 0 bridgehead atoms. The van der Waals surface area contributed by atoms with E-state index in [-0.39, 0.29) is 0 Å². The molecule has 4 heterocycles. The third-order valence-corrected chi connectivity index (χ3v) is 12.5. The summed E-state index contributed by atoms with van der Waals surface area (Å²) in [5.74, 6) is 0. The molecule has 0 fully saturated rings. The molecule has 13 rings (SSSR count). The minimum absolute atomic E-state index is 0.594. The van der Waals surface area contributed by atoms with Gasteiger partial charge in [-0.25, -0.2) is 0 Å². The zero-order valence-corrected chi connectivity index (χ0v) is 33.5. The first kappa shape index (κ1) is 34.8. The van der Waals surface area contributed by atoms with Crippen LogP contribution in [0.3, 0.4) is 0 Å². The lowest BCUT2D eigenvalue weighted by molar-refractivity contribution is 0.670. The van der Waals surface area contributed by atoms with Crippen molar-refractivity contribution in [2.24, 2.45) is 0 Å². The average Bonchev–Trinajstić information content (AvgIpc) is 4.10. The molecular formula is C56H31N5O2. The van der Waals surface area contributed by atoms with E-state index in [1.165, 1.54) is 0 Å². The van der Waals surface area contributed by atoms with Gasteiger partial charge in [0.25, 0.3) is 0 Å². The summed E-state index contributed by atoms with van der Waals surface area (Å²) in [5, 5.41) is 27.8. The van der Waals surface area contributed by atoms with Crippen molar-refractivity contribution in [3.63, 3.8) is 0 Å². The van der Waals surface area contributed by atoms with Crippen LogP contribution in [0.5, 0.6) is 0 Å². The van der Waals surface area contributed by atoms with Gasteiger partial charge in [0.15, 0.2) is 11.2 Å². The monoisotopic (exact) mass is 805 g/mol. The Kier molecular flexibility index (Phi) is 7.30. The van der Waals surface area contributed by atoms with Crippen molar-refractivity contribution in [2.75, 3.05) is 9.80 Å². The van der Waals surface area contributed by atoms with Crippen molar-refractivity contribution >= 4 is 116 Å². The first-order valence-electron chi connectivity index (χ1n) is 20.8. The minimum atomic E-state index is 0.594. The van der Waals surface area contributed by atoms with Crippen LogP contribution < -0.4 is 9.80 Å². The molecule has 4 aromatic heterocycles. The second-order valence-electron chi connectivity index (χ2n) is 15.9. The van der Waals surface area contributed by atoms with E-state index >= 15 is 0 Å². The van der Waals surface area contributed by atoms with Gasteiger partial charge in [0.2, 0.25) is 0 Å². The molecule has 0 aliphatic carbocycles. The molecule has 0 radical (unpaired) electrons. The van der Waals surface area contributed by atoms with Crippen molar-refractivity contribution in [3.05, 3.63) is 199 Å². The molecule has 13 aromatic rings. The van der Waals surface area contributed by atoms with Gasteiger partial charge in [-0.2, -0.15) is 10.5 Å². The first-order chi connectivity index (χ1) is 31.2. The molecule has 7 heteroatoms. The van der Waals surface area contributed by atoms with Crippen molar-refractivity contribution in [1.29, 1.82) is 10.5 Å². The minimum Gasteiger partial charge on any atom is -0.454 e. The summed E-state index contributed by atoms with van der Waals surface area (Å²) in [6.07, 6.45) is 0. The third-order valence-electron chi connectivity index (χ3n) is 12.5. The fourth-order valence-corrected chi connectivity index (χ4v) is 9.87. The maximum Gasteiger partial charge on any atom is 0.160 e. The second kappa shape index (κ2) is 13.2. The fraction of sp³-hybridized carbons (Fsp3) is 0. The third kappa shape index (κ3) is 4.93. The predicted octanol–water partition coefficient (Wildman–Crippen LogP) is 15.3. The maximum absolute atomic E-state index is 9.80. The van der Waals surface area contributed by atoms with Gasteiger partial charge < -0.3 is 23.0 Å². The van der Waals surface area contributed by atoms with Gasteiger partial charge in [-0.3, -0.25) is 0 Å². The number of nitriles is 2. The Bertz CT molecular complexity index is 3780.